The van der Waals surface area contributed by atoms with Gasteiger partial charge >= 0.3 is 6.18 Å². The van der Waals surface area contributed by atoms with Gasteiger partial charge in [0.1, 0.15) is 5.52 Å². The lowest BCUT2D eigenvalue weighted by atomic mass is 10.1. The largest absolute Gasteiger partial charge is 0.451 e. The van der Waals surface area contributed by atoms with Gasteiger partial charge in [-0.25, -0.2) is 9.97 Å². The van der Waals surface area contributed by atoms with Crippen molar-refractivity contribution in [2.75, 3.05) is 19.8 Å². The summed E-state index contributed by atoms with van der Waals surface area (Å²) in [6.45, 7) is 1.45. The summed E-state index contributed by atoms with van der Waals surface area (Å²) in [4.78, 5) is 23.2. The Morgan fingerprint density at radius 2 is 1.93 bits per heavy atom. The first-order chi connectivity index (χ1) is 14.4. The van der Waals surface area contributed by atoms with Crippen molar-refractivity contribution < 1.29 is 22.7 Å². The van der Waals surface area contributed by atoms with Crippen LogP contribution in [0.1, 0.15) is 40.9 Å². The number of fused-ring (bicyclic) bond motifs is 2. The third-order valence-corrected chi connectivity index (χ3v) is 5.54. The predicted octanol–water partition coefficient (Wildman–Crippen LogP) is 2.05. The van der Waals surface area contributed by atoms with Crippen molar-refractivity contribution in [3.63, 3.8) is 0 Å². The topological polar surface area (TPSA) is 91.0 Å². The summed E-state index contributed by atoms with van der Waals surface area (Å²) >= 11 is 0. The number of carbonyl (C=O) groups excluding carboxylic acids is 1. The van der Waals surface area contributed by atoms with E-state index in [1.807, 2.05) is 4.57 Å². The minimum absolute atomic E-state index is 0.0169. The number of amides is 1. The minimum atomic E-state index is -4.57. The molecule has 0 saturated carbocycles. The maximum Gasteiger partial charge on any atom is 0.451 e. The van der Waals surface area contributed by atoms with Gasteiger partial charge in [0, 0.05) is 38.5 Å². The van der Waals surface area contributed by atoms with Crippen molar-refractivity contribution in [1.82, 2.24) is 34.2 Å². The van der Waals surface area contributed by atoms with Crippen LogP contribution in [0, 0.1) is 0 Å². The van der Waals surface area contributed by atoms with Gasteiger partial charge in [-0.2, -0.15) is 13.2 Å². The summed E-state index contributed by atoms with van der Waals surface area (Å²) < 4.78 is 47.4. The van der Waals surface area contributed by atoms with Gasteiger partial charge < -0.3 is 18.8 Å². The van der Waals surface area contributed by atoms with E-state index >= 15 is 0 Å². The zero-order chi connectivity index (χ0) is 20.9. The number of ether oxygens (including phenoxy) is 1. The maximum atomic E-state index is 13.0. The molecule has 3 aromatic heterocycles. The van der Waals surface area contributed by atoms with Crippen LogP contribution in [-0.4, -0.2) is 59.9 Å². The van der Waals surface area contributed by atoms with E-state index in [0.29, 0.717) is 29.9 Å². The Bertz CT molecular complexity index is 1100. The summed E-state index contributed by atoms with van der Waals surface area (Å²) in [7, 11) is 0. The number of aromatic nitrogens is 6. The average Bonchev–Trinajstić information content (AvgIpc) is 3.37. The number of carbonyl (C=O) groups is 1. The Labute approximate surface area is 168 Å². The van der Waals surface area contributed by atoms with Gasteiger partial charge in [-0.05, 0) is 18.9 Å². The molecule has 3 aromatic rings. The summed E-state index contributed by atoms with van der Waals surface area (Å²) in [5.74, 6) is -1.25. The van der Waals surface area contributed by atoms with E-state index in [4.69, 9.17) is 4.74 Å². The highest BCUT2D eigenvalue weighted by Gasteiger charge is 2.40. The molecule has 1 saturated heterocycles. The van der Waals surface area contributed by atoms with Crippen molar-refractivity contribution >= 4 is 17.1 Å². The molecule has 0 atom stereocenters. The van der Waals surface area contributed by atoms with Crippen LogP contribution in [-0.2, 0) is 24.0 Å². The molecule has 1 fully saturated rings. The van der Waals surface area contributed by atoms with Crippen LogP contribution >= 0.6 is 0 Å². The normalized spacial score (nSPS) is 18.0. The third-order valence-electron chi connectivity index (χ3n) is 5.54. The first-order valence-electron chi connectivity index (χ1n) is 9.60. The zero-order valence-corrected chi connectivity index (χ0v) is 15.8. The molecule has 2 aliphatic heterocycles. The fourth-order valence-electron chi connectivity index (χ4n) is 3.99. The number of hydrogen-bond acceptors (Lipinski definition) is 6. The molecule has 12 heteroatoms. The molecule has 0 aromatic carbocycles. The van der Waals surface area contributed by atoms with Crippen LogP contribution in [0.4, 0.5) is 13.2 Å². The molecule has 5 heterocycles. The van der Waals surface area contributed by atoms with E-state index in [-0.39, 0.29) is 37.4 Å². The Kier molecular flexibility index (Phi) is 4.45. The number of pyridine rings is 1. The van der Waals surface area contributed by atoms with E-state index < -0.39 is 12.0 Å². The highest BCUT2D eigenvalue weighted by atomic mass is 19.4. The fourth-order valence-corrected chi connectivity index (χ4v) is 3.99. The molecule has 30 heavy (non-hydrogen) atoms. The second kappa shape index (κ2) is 7.04. The second-order valence-corrected chi connectivity index (χ2v) is 7.38. The van der Waals surface area contributed by atoms with Crippen LogP contribution in [0.15, 0.2) is 18.6 Å². The molecule has 0 bridgehead atoms. The van der Waals surface area contributed by atoms with Crippen molar-refractivity contribution in [3.05, 3.63) is 35.8 Å². The van der Waals surface area contributed by atoms with Crippen LogP contribution in [0.2, 0.25) is 0 Å². The summed E-state index contributed by atoms with van der Waals surface area (Å²) in [5, 5.41) is 6.85. The lowest BCUT2D eigenvalue weighted by molar-refractivity contribution is -0.147. The molecular formula is C18H18F3N7O2. The molecule has 5 rings (SSSR count). The smallest absolute Gasteiger partial charge is 0.381 e. The molecule has 1 amide bonds. The minimum Gasteiger partial charge on any atom is -0.381 e. The predicted molar refractivity (Wildman–Crippen MR) is 96.4 cm³/mol. The molecule has 0 aliphatic carbocycles. The maximum absolute atomic E-state index is 13.0. The lowest BCUT2D eigenvalue weighted by Gasteiger charge is -2.28. The van der Waals surface area contributed by atoms with E-state index in [1.54, 1.807) is 12.4 Å². The van der Waals surface area contributed by atoms with Gasteiger partial charge in [-0.1, -0.05) is 0 Å². The number of alkyl halides is 3. The number of rotatable bonds is 2. The van der Waals surface area contributed by atoms with Crippen molar-refractivity contribution in [2.24, 2.45) is 0 Å². The molecular weight excluding hydrogens is 403 g/mol. The number of halogens is 3. The van der Waals surface area contributed by atoms with Gasteiger partial charge in [-0.3, -0.25) is 4.79 Å². The molecule has 0 radical (unpaired) electrons. The highest BCUT2D eigenvalue weighted by Crippen LogP contribution is 2.30. The number of imidazole rings is 1. The van der Waals surface area contributed by atoms with Crippen molar-refractivity contribution in [2.45, 2.75) is 38.1 Å². The number of nitrogens with zero attached hydrogens (tertiary/aromatic N) is 7. The Morgan fingerprint density at radius 3 is 2.70 bits per heavy atom. The Balaban J connectivity index is 1.37. The average molecular weight is 421 g/mol. The van der Waals surface area contributed by atoms with Gasteiger partial charge in [0.2, 0.25) is 5.82 Å². The van der Waals surface area contributed by atoms with Crippen LogP contribution in [0.5, 0.6) is 0 Å². The first-order valence-corrected chi connectivity index (χ1v) is 9.60. The van der Waals surface area contributed by atoms with E-state index in [0.717, 1.165) is 17.4 Å². The Hall–Kier alpha value is -3.02. The van der Waals surface area contributed by atoms with E-state index in [1.165, 1.54) is 11.1 Å². The van der Waals surface area contributed by atoms with Gasteiger partial charge in [0.25, 0.3) is 5.91 Å². The highest BCUT2D eigenvalue weighted by molar-refractivity contribution is 5.96. The molecule has 2 aliphatic rings. The van der Waals surface area contributed by atoms with Gasteiger partial charge in [0.05, 0.1) is 18.4 Å². The second-order valence-electron chi connectivity index (χ2n) is 7.38. The van der Waals surface area contributed by atoms with Crippen LogP contribution in [0.3, 0.4) is 0 Å². The standard InChI is InChI=1S/C18H18F3N7O2/c19-18(20,21)17-25-24-14-9-26(3-4-27(14)17)16(29)11-7-13-15(22-8-11)28(10-23-13)12-1-5-30-6-2-12/h7-8,10,12H,1-6,9H2. The zero-order valence-electron chi connectivity index (χ0n) is 15.8. The van der Waals surface area contributed by atoms with Crippen molar-refractivity contribution in [1.29, 1.82) is 0 Å². The third kappa shape index (κ3) is 3.20. The fraction of sp³-hybridized carbons (Fsp3) is 0.500. The summed E-state index contributed by atoms with van der Waals surface area (Å²) in [6, 6.07) is 1.93. The molecule has 9 nitrogen and oxygen atoms in total. The van der Waals surface area contributed by atoms with Crippen molar-refractivity contribution in [3.8, 4) is 0 Å². The quantitative estimate of drug-likeness (QED) is 0.629. The van der Waals surface area contributed by atoms with Crippen LogP contribution in [0.25, 0.3) is 11.2 Å². The summed E-state index contributed by atoms with van der Waals surface area (Å²) in [5.41, 5.74) is 1.64. The van der Waals surface area contributed by atoms with Gasteiger partial charge in [-0.15, -0.1) is 10.2 Å². The van der Waals surface area contributed by atoms with E-state index in [2.05, 4.69) is 20.2 Å². The Morgan fingerprint density at radius 1 is 1.13 bits per heavy atom. The molecule has 158 valence electrons. The molecule has 0 unspecified atom stereocenters. The molecule has 0 N–H and O–H groups in total. The monoisotopic (exact) mass is 421 g/mol. The van der Waals surface area contributed by atoms with Crippen LogP contribution < -0.4 is 0 Å². The summed E-state index contributed by atoms with van der Waals surface area (Å²) in [6.07, 6.45) is 0.395. The van der Waals surface area contributed by atoms with E-state index in [9.17, 15) is 18.0 Å². The van der Waals surface area contributed by atoms with Gasteiger partial charge in [0.15, 0.2) is 11.5 Å². The number of hydrogen-bond donors (Lipinski definition) is 0. The first kappa shape index (κ1) is 19.0. The lowest BCUT2D eigenvalue weighted by Crippen LogP contribution is -2.39. The SMILES string of the molecule is O=C(c1cnc2c(c1)ncn2C1CCOCC1)N1CCn2c(nnc2C(F)(F)F)C1. The molecule has 0 spiro atoms.